The maximum atomic E-state index is 2.46. The van der Waals surface area contributed by atoms with Crippen molar-refractivity contribution in [3.05, 3.63) is 137 Å². The number of anilines is 3. The highest BCUT2D eigenvalue weighted by Gasteiger charge is 2.26. The number of hydrogen-bond donors (Lipinski definition) is 0. The van der Waals surface area contributed by atoms with E-state index in [1.807, 2.05) is 0 Å². The molecule has 1 nitrogen and oxygen atoms in total. The Hall–Kier alpha value is -4.10. The summed E-state index contributed by atoms with van der Waals surface area (Å²) in [6, 6.07) is 38.3. The molecule has 0 fully saturated rings. The lowest BCUT2D eigenvalue weighted by molar-refractivity contribution is 1.22. The van der Waals surface area contributed by atoms with Crippen molar-refractivity contribution < 1.29 is 0 Å². The van der Waals surface area contributed by atoms with Crippen LogP contribution in [0.25, 0.3) is 22.3 Å². The van der Waals surface area contributed by atoms with Crippen molar-refractivity contribution in [2.75, 3.05) is 4.90 Å². The summed E-state index contributed by atoms with van der Waals surface area (Å²) >= 11 is 0. The number of para-hydroxylation sites is 1. The molecule has 2 aliphatic carbocycles. The van der Waals surface area contributed by atoms with Gasteiger partial charge >= 0.3 is 0 Å². The summed E-state index contributed by atoms with van der Waals surface area (Å²) in [5, 5.41) is 0. The topological polar surface area (TPSA) is 3.24 Å². The molecule has 2 aliphatic rings. The minimum absolute atomic E-state index is 0.990. The zero-order chi connectivity index (χ0) is 23.5. The predicted molar refractivity (Wildman–Crippen MR) is 147 cm³/mol. The minimum atomic E-state index is 0.990. The van der Waals surface area contributed by atoms with E-state index in [1.54, 1.807) is 0 Å². The summed E-state index contributed by atoms with van der Waals surface area (Å²) in [7, 11) is 0. The molecule has 0 unspecified atom stereocenters. The van der Waals surface area contributed by atoms with Gasteiger partial charge in [0.05, 0.1) is 0 Å². The Morgan fingerprint density at radius 3 is 1.63 bits per heavy atom. The van der Waals surface area contributed by atoms with Gasteiger partial charge in [-0.1, -0.05) is 65.7 Å². The van der Waals surface area contributed by atoms with E-state index in [1.165, 1.54) is 72.7 Å². The lowest BCUT2D eigenvalue weighted by Gasteiger charge is -2.26. The Morgan fingerprint density at radius 2 is 0.943 bits per heavy atom. The predicted octanol–water partition coefficient (Wildman–Crippen LogP) is 8.92. The van der Waals surface area contributed by atoms with E-state index in [0.29, 0.717) is 0 Å². The number of fused-ring (bicyclic) bond motifs is 6. The van der Waals surface area contributed by atoms with Gasteiger partial charge in [-0.2, -0.15) is 0 Å². The third kappa shape index (κ3) is 3.31. The third-order valence-electron chi connectivity index (χ3n) is 7.59. The highest BCUT2D eigenvalue weighted by Crippen LogP contribution is 2.46. The van der Waals surface area contributed by atoms with Crippen molar-refractivity contribution in [3.8, 4) is 22.3 Å². The Kier molecular flexibility index (Phi) is 4.47. The van der Waals surface area contributed by atoms with Crippen molar-refractivity contribution in [3.63, 3.8) is 0 Å². The molecule has 0 atom stereocenters. The average Bonchev–Trinajstić information content (AvgIpc) is 3.40. The van der Waals surface area contributed by atoms with Crippen LogP contribution in [0.3, 0.4) is 0 Å². The third-order valence-corrected chi connectivity index (χ3v) is 7.59. The molecule has 0 heterocycles. The molecule has 0 bridgehead atoms. The van der Waals surface area contributed by atoms with Crippen molar-refractivity contribution in [1.82, 2.24) is 0 Å². The van der Waals surface area contributed by atoms with Gasteiger partial charge in [0.2, 0.25) is 0 Å². The van der Waals surface area contributed by atoms with E-state index < -0.39 is 0 Å². The molecular weight excluding hydrogens is 422 g/mol. The van der Waals surface area contributed by atoms with E-state index in [2.05, 4.69) is 122 Å². The van der Waals surface area contributed by atoms with Gasteiger partial charge in [0, 0.05) is 17.1 Å². The van der Waals surface area contributed by atoms with Crippen LogP contribution in [-0.4, -0.2) is 0 Å². The monoisotopic (exact) mass is 449 g/mol. The number of hydrogen-bond acceptors (Lipinski definition) is 1. The highest BCUT2D eigenvalue weighted by atomic mass is 15.1. The molecular formula is C34H27N. The fourth-order valence-electron chi connectivity index (χ4n) is 5.87. The lowest BCUT2D eigenvalue weighted by Crippen LogP contribution is -2.10. The molecule has 0 radical (unpaired) electrons. The SMILES string of the molecule is Cc1ccc(N(c2ccccc2)c2ccc3c(c2)Cc2cc4c(cc2-3)Cc2cc(C)ccc2-4)cc1. The molecule has 0 saturated carbocycles. The maximum Gasteiger partial charge on any atom is 0.0464 e. The van der Waals surface area contributed by atoms with Gasteiger partial charge in [0.15, 0.2) is 0 Å². The smallest absolute Gasteiger partial charge is 0.0464 e. The van der Waals surface area contributed by atoms with Crippen LogP contribution >= 0.6 is 0 Å². The minimum Gasteiger partial charge on any atom is -0.310 e. The first-order chi connectivity index (χ1) is 17.1. The first-order valence-electron chi connectivity index (χ1n) is 12.4. The van der Waals surface area contributed by atoms with Crippen molar-refractivity contribution in [1.29, 1.82) is 0 Å². The Balaban J connectivity index is 1.30. The van der Waals surface area contributed by atoms with Crippen LogP contribution in [0, 0.1) is 13.8 Å². The standard InChI is InChI=1S/C34H27N/c1-22-8-11-29(12-9-22)35(28-6-4-3-5-7-28)30-13-15-32-25(19-30)18-27-21-33-26(20-34(27)32)17-24-16-23(2)10-14-31(24)33/h3-16,19-21H,17-18H2,1-2H3. The van der Waals surface area contributed by atoms with Crippen LogP contribution < -0.4 is 4.90 Å². The van der Waals surface area contributed by atoms with E-state index in [0.717, 1.165) is 12.8 Å². The van der Waals surface area contributed by atoms with Gasteiger partial charge in [-0.15, -0.1) is 0 Å². The van der Waals surface area contributed by atoms with Gasteiger partial charge in [0.1, 0.15) is 0 Å². The molecule has 5 aromatic carbocycles. The second-order valence-electron chi connectivity index (χ2n) is 10.0. The molecule has 5 aromatic rings. The zero-order valence-electron chi connectivity index (χ0n) is 20.2. The maximum absolute atomic E-state index is 2.46. The fraction of sp³-hybridized carbons (Fsp3) is 0.118. The highest BCUT2D eigenvalue weighted by molar-refractivity contribution is 5.87. The summed E-state index contributed by atoms with van der Waals surface area (Å²) in [5.41, 5.74) is 17.6. The van der Waals surface area contributed by atoms with Gasteiger partial charge < -0.3 is 4.90 Å². The summed E-state index contributed by atoms with van der Waals surface area (Å²) < 4.78 is 0. The fourth-order valence-corrected chi connectivity index (χ4v) is 5.87. The number of benzene rings is 5. The quantitative estimate of drug-likeness (QED) is 0.260. The molecule has 0 aromatic heterocycles. The summed E-state index contributed by atoms with van der Waals surface area (Å²) in [5.74, 6) is 0. The Bertz CT molecular complexity index is 1590. The van der Waals surface area contributed by atoms with Crippen LogP contribution in [-0.2, 0) is 12.8 Å². The number of nitrogens with zero attached hydrogens (tertiary/aromatic N) is 1. The van der Waals surface area contributed by atoms with Gasteiger partial charge in [-0.05, 0) is 120 Å². The molecule has 0 spiro atoms. The average molecular weight is 450 g/mol. The molecule has 0 aliphatic heterocycles. The molecule has 168 valence electrons. The normalized spacial score (nSPS) is 12.6. The zero-order valence-corrected chi connectivity index (χ0v) is 20.2. The first-order valence-corrected chi connectivity index (χ1v) is 12.4. The lowest BCUT2D eigenvalue weighted by atomic mass is 9.98. The van der Waals surface area contributed by atoms with Crippen LogP contribution in [0.2, 0.25) is 0 Å². The Labute approximate surface area is 207 Å². The summed E-state index contributed by atoms with van der Waals surface area (Å²) in [6.45, 7) is 4.33. The van der Waals surface area contributed by atoms with E-state index in [4.69, 9.17) is 0 Å². The van der Waals surface area contributed by atoms with Crippen LogP contribution in [0.15, 0.2) is 103 Å². The van der Waals surface area contributed by atoms with Crippen LogP contribution in [0.1, 0.15) is 33.4 Å². The molecule has 35 heavy (non-hydrogen) atoms. The van der Waals surface area contributed by atoms with Crippen molar-refractivity contribution in [2.24, 2.45) is 0 Å². The molecule has 1 heteroatoms. The molecule has 0 amide bonds. The molecule has 0 saturated heterocycles. The number of rotatable bonds is 3. The Morgan fingerprint density at radius 1 is 0.429 bits per heavy atom. The summed E-state index contributed by atoms with van der Waals surface area (Å²) in [6.07, 6.45) is 2.03. The first kappa shape index (κ1) is 20.3. The molecule has 7 rings (SSSR count). The van der Waals surface area contributed by atoms with Gasteiger partial charge in [-0.3, -0.25) is 0 Å². The van der Waals surface area contributed by atoms with Crippen LogP contribution in [0.4, 0.5) is 17.1 Å². The second-order valence-corrected chi connectivity index (χ2v) is 10.0. The summed E-state index contributed by atoms with van der Waals surface area (Å²) in [4.78, 5) is 2.36. The van der Waals surface area contributed by atoms with E-state index >= 15 is 0 Å². The number of aryl methyl sites for hydroxylation is 2. The van der Waals surface area contributed by atoms with Crippen molar-refractivity contribution >= 4 is 17.1 Å². The van der Waals surface area contributed by atoms with Crippen molar-refractivity contribution in [2.45, 2.75) is 26.7 Å². The van der Waals surface area contributed by atoms with Gasteiger partial charge in [0.25, 0.3) is 0 Å². The molecule has 0 N–H and O–H groups in total. The second kappa shape index (κ2) is 7.71. The largest absolute Gasteiger partial charge is 0.310 e. The van der Waals surface area contributed by atoms with E-state index in [9.17, 15) is 0 Å². The van der Waals surface area contributed by atoms with Crippen LogP contribution in [0.5, 0.6) is 0 Å². The van der Waals surface area contributed by atoms with Gasteiger partial charge in [-0.25, -0.2) is 0 Å². The van der Waals surface area contributed by atoms with E-state index in [-0.39, 0.29) is 0 Å².